The molecule has 2 aromatic heterocycles. The van der Waals surface area contributed by atoms with E-state index in [0.717, 1.165) is 38.8 Å². The van der Waals surface area contributed by atoms with Crippen molar-refractivity contribution in [3.05, 3.63) is 52.8 Å². The summed E-state index contributed by atoms with van der Waals surface area (Å²) in [6.07, 6.45) is 0. The summed E-state index contributed by atoms with van der Waals surface area (Å²) in [5.74, 6) is 1.62. The predicted molar refractivity (Wildman–Crippen MR) is 84.0 cm³/mol. The van der Waals surface area contributed by atoms with Gasteiger partial charge in [-0.1, -0.05) is 30.3 Å². The zero-order valence-electron chi connectivity index (χ0n) is 11.4. The minimum absolute atomic E-state index is 0.440. The second-order valence-corrected chi connectivity index (χ2v) is 5.69. The maximum absolute atomic E-state index is 5.82. The van der Waals surface area contributed by atoms with E-state index in [1.807, 2.05) is 41.8 Å². The summed E-state index contributed by atoms with van der Waals surface area (Å²) >= 11 is 3.57. The van der Waals surface area contributed by atoms with E-state index >= 15 is 0 Å². The van der Waals surface area contributed by atoms with Gasteiger partial charge >= 0.3 is 0 Å². The standard InChI is InChI=1S/C16H12BrN3O/c1-10-7-8-12-13(18-10)16-19-15(17)14(20(16)9-21-12)11-5-3-2-4-6-11/h2-8H,9H2,1H3. The molecular weight excluding hydrogens is 330 g/mol. The lowest BCUT2D eigenvalue weighted by atomic mass is 10.1. The summed E-state index contributed by atoms with van der Waals surface area (Å²) in [7, 11) is 0. The Labute approximate surface area is 130 Å². The maximum Gasteiger partial charge on any atom is 0.167 e. The van der Waals surface area contributed by atoms with Crippen LogP contribution in [-0.2, 0) is 6.73 Å². The van der Waals surface area contributed by atoms with E-state index < -0.39 is 0 Å². The highest BCUT2D eigenvalue weighted by molar-refractivity contribution is 9.10. The van der Waals surface area contributed by atoms with E-state index in [-0.39, 0.29) is 0 Å². The Hall–Kier alpha value is -2.14. The highest BCUT2D eigenvalue weighted by Crippen LogP contribution is 2.38. The van der Waals surface area contributed by atoms with Crippen molar-refractivity contribution in [2.24, 2.45) is 0 Å². The molecule has 0 radical (unpaired) electrons. The first-order valence-electron chi connectivity index (χ1n) is 6.66. The molecular formula is C16H12BrN3O. The molecule has 5 heteroatoms. The smallest absolute Gasteiger partial charge is 0.167 e. The number of halogens is 1. The molecule has 0 saturated carbocycles. The minimum atomic E-state index is 0.440. The topological polar surface area (TPSA) is 39.9 Å². The van der Waals surface area contributed by atoms with E-state index in [1.165, 1.54) is 0 Å². The number of pyridine rings is 1. The maximum atomic E-state index is 5.82. The van der Waals surface area contributed by atoms with Crippen LogP contribution in [0.5, 0.6) is 5.75 Å². The highest BCUT2D eigenvalue weighted by Gasteiger charge is 2.25. The molecule has 4 rings (SSSR count). The normalized spacial score (nSPS) is 12.5. The zero-order valence-corrected chi connectivity index (χ0v) is 13.0. The SMILES string of the molecule is Cc1ccc2c(n1)-c1nc(Br)c(-c3ccccc3)n1CO2. The Balaban J connectivity index is 1.96. The number of rotatable bonds is 1. The number of aryl methyl sites for hydroxylation is 1. The van der Waals surface area contributed by atoms with Crippen molar-refractivity contribution < 1.29 is 4.74 Å². The summed E-state index contributed by atoms with van der Waals surface area (Å²) in [6, 6.07) is 14.1. The van der Waals surface area contributed by atoms with Crippen molar-refractivity contribution in [3.8, 4) is 28.5 Å². The molecule has 3 aromatic rings. The zero-order chi connectivity index (χ0) is 14.4. The molecule has 3 heterocycles. The fourth-order valence-electron chi connectivity index (χ4n) is 2.56. The van der Waals surface area contributed by atoms with Gasteiger partial charge in [0.05, 0.1) is 5.69 Å². The Morgan fingerprint density at radius 1 is 1.10 bits per heavy atom. The van der Waals surface area contributed by atoms with E-state index in [2.05, 4.69) is 38.0 Å². The van der Waals surface area contributed by atoms with Gasteiger partial charge in [-0.25, -0.2) is 9.97 Å². The molecule has 0 fully saturated rings. The lowest BCUT2D eigenvalue weighted by molar-refractivity contribution is 0.230. The molecule has 0 unspecified atom stereocenters. The average molecular weight is 342 g/mol. The van der Waals surface area contributed by atoms with Gasteiger partial charge in [0.25, 0.3) is 0 Å². The van der Waals surface area contributed by atoms with Gasteiger partial charge in [-0.05, 0) is 35.0 Å². The van der Waals surface area contributed by atoms with E-state index in [0.29, 0.717) is 6.73 Å². The third-order valence-electron chi connectivity index (χ3n) is 3.53. The van der Waals surface area contributed by atoms with Crippen molar-refractivity contribution >= 4 is 15.9 Å². The van der Waals surface area contributed by atoms with Gasteiger partial charge in [-0.15, -0.1) is 0 Å². The van der Waals surface area contributed by atoms with Crippen LogP contribution in [0.4, 0.5) is 0 Å². The van der Waals surface area contributed by atoms with Crippen LogP contribution in [-0.4, -0.2) is 14.5 Å². The number of fused-ring (bicyclic) bond motifs is 3. The number of aromatic nitrogens is 3. The Bertz CT molecular complexity index is 827. The van der Waals surface area contributed by atoms with Gasteiger partial charge < -0.3 is 4.74 Å². The average Bonchev–Trinajstić information content (AvgIpc) is 2.84. The lowest BCUT2D eigenvalue weighted by Crippen LogP contribution is -2.15. The Morgan fingerprint density at radius 2 is 1.90 bits per heavy atom. The van der Waals surface area contributed by atoms with Gasteiger partial charge in [0.15, 0.2) is 18.3 Å². The fourth-order valence-corrected chi connectivity index (χ4v) is 3.17. The second kappa shape index (κ2) is 4.70. The third-order valence-corrected chi connectivity index (χ3v) is 4.08. The lowest BCUT2D eigenvalue weighted by Gasteiger charge is -2.20. The number of hydrogen-bond acceptors (Lipinski definition) is 3. The molecule has 1 aliphatic rings. The summed E-state index contributed by atoms with van der Waals surface area (Å²) in [5.41, 5.74) is 3.86. The molecule has 0 bridgehead atoms. The predicted octanol–water partition coefficient (Wildman–Crippen LogP) is 4.03. The second-order valence-electron chi connectivity index (χ2n) is 4.94. The van der Waals surface area contributed by atoms with Gasteiger partial charge in [0.1, 0.15) is 10.3 Å². The molecule has 0 saturated heterocycles. The molecule has 0 spiro atoms. The molecule has 1 aliphatic heterocycles. The van der Waals surface area contributed by atoms with Crippen molar-refractivity contribution in [3.63, 3.8) is 0 Å². The molecule has 0 amide bonds. The van der Waals surface area contributed by atoms with E-state index in [9.17, 15) is 0 Å². The van der Waals surface area contributed by atoms with Gasteiger partial charge in [0, 0.05) is 11.3 Å². The summed E-state index contributed by atoms with van der Waals surface area (Å²) in [6.45, 7) is 2.41. The van der Waals surface area contributed by atoms with Crippen LogP contribution in [0, 0.1) is 6.92 Å². The van der Waals surface area contributed by atoms with Crippen molar-refractivity contribution in [1.82, 2.24) is 14.5 Å². The molecule has 21 heavy (non-hydrogen) atoms. The summed E-state index contributed by atoms with van der Waals surface area (Å²) in [5, 5.41) is 0. The van der Waals surface area contributed by atoms with Crippen LogP contribution in [0.2, 0.25) is 0 Å². The van der Waals surface area contributed by atoms with E-state index in [1.54, 1.807) is 0 Å². The monoisotopic (exact) mass is 341 g/mol. The third kappa shape index (κ3) is 1.96. The first-order chi connectivity index (χ1) is 10.2. The molecule has 1 aromatic carbocycles. The fraction of sp³-hybridized carbons (Fsp3) is 0.125. The molecule has 104 valence electrons. The number of nitrogens with zero attached hydrogens (tertiary/aromatic N) is 3. The van der Waals surface area contributed by atoms with Gasteiger partial charge in [-0.3, -0.25) is 4.57 Å². The van der Waals surface area contributed by atoms with Crippen LogP contribution in [0.25, 0.3) is 22.8 Å². The van der Waals surface area contributed by atoms with Crippen molar-refractivity contribution in [2.45, 2.75) is 13.7 Å². The highest BCUT2D eigenvalue weighted by atomic mass is 79.9. The van der Waals surface area contributed by atoms with E-state index in [4.69, 9.17) is 4.74 Å². The number of hydrogen-bond donors (Lipinski definition) is 0. The van der Waals surface area contributed by atoms with Crippen LogP contribution >= 0.6 is 15.9 Å². The van der Waals surface area contributed by atoms with Crippen LogP contribution < -0.4 is 4.74 Å². The van der Waals surface area contributed by atoms with Crippen LogP contribution in [0.15, 0.2) is 47.1 Å². The number of ether oxygens (including phenoxy) is 1. The summed E-state index contributed by atoms with van der Waals surface area (Å²) < 4.78 is 8.68. The molecule has 0 atom stereocenters. The molecule has 0 aliphatic carbocycles. The van der Waals surface area contributed by atoms with Crippen molar-refractivity contribution in [1.29, 1.82) is 0 Å². The number of imidazole rings is 1. The molecule has 4 nitrogen and oxygen atoms in total. The van der Waals surface area contributed by atoms with Crippen LogP contribution in [0.1, 0.15) is 5.69 Å². The first-order valence-corrected chi connectivity index (χ1v) is 7.45. The van der Waals surface area contributed by atoms with Crippen LogP contribution in [0.3, 0.4) is 0 Å². The Kier molecular flexibility index (Phi) is 2.82. The van der Waals surface area contributed by atoms with Gasteiger partial charge in [0.2, 0.25) is 0 Å². The largest absolute Gasteiger partial charge is 0.470 e. The quantitative estimate of drug-likeness (QED) is 0.670. The summed E-state index contributed by atoms with van der Waals surface area (Å²) in [4.78, 5) is 9.22. The Morgan fingerprint density at radius 3 is 2.71 bits per heavy atom. The molecule has 0 N–H and O–H groups in total. The number of benzene rings is 1. The van der Waals surface area contributed by atoms with Crippen molar-refractivity contribution in [2.75, 3.05) is 0 Å². The first kappa shape index (κ1) is 12.6. The van der Waals surface area contributed by atoms with Gasteiger partial charge in [-0.2, -0.15) is 0 Å². The minimum Gasteiger partial charge on any atom is -0.470 e.